The van der Waals surface area contributed by atoms with E-state index in [4.69, 9.17) is 20.4 Å². The van der Waals surface area contributed by atoms with Crippen LogP contribution in [-0.2, 0) is 0 Å². The number of hydrogen-bond acceptors (Lipinski definition) is 5. The van der Waals surface area contributed by atoms with Crippen molar-refractivity contribution in [3.8, 4) is 11.5 Å². The molecule has 0 atom stereocenters. The minimum Gasteiger partial charge on any atom is -0.494 e. The molecule has 76 valence electrons. The molecule has 5 heteroatoms. The Labute approximate surface area is 81.7 Å². The van der Waals surface area contributed by atoms with Gasteiger partial charge in [0.2, 0.25) is 0 Å². The highest BCUT2D eigenvalue weighted by Gasteiger charge is 2.07. The standard InChI is InChI=1S/C9H12N2O3/c1-13-7-3-6(5-11-12)4-8(14-2)9(7)10/h3-5,12H,10H2,1-2H3/b11-5-. The summed E-state index contributed by atoms with van der Waals surface area (Å²) in [6.07, 6.45) is 1.27. The minimum atomic E-state index is 0.421. The summed E-state index contributed by atoms with van der Waals surface area (Å²) in [5.41, 5.74) is 6.78. The normalized spacial score (nSPS) is 10.4. The lowest BCUT2D eigenvalue weighted by Gasteiger charge is -2.09. The molecule has 5 nitrogen and oxygen atoms in total. The molecule has 0 heterocycles. The highest BCUT2D eigenvalue weighted by atomic mass is 16.5. The van der Waals surface area contributed by atoms with Crippen molar-refractivity contribution in [3.05, 3.63) is 17.7 Å². The predicted molar refractivity (Wildman–Crippen MR) is 53.3 cm³/mol. The zero-order valence-corrected chi connectivity index (χ0v) is 8.02. The second-order valence-corrected chi connectivity index (χ2v) is 2.58. The molecular formula is C9H12N2O3. The first-order valence-electron chi connectivity index (χ1n) is 3.91. The largest absolute Gasteiger partial charge is 0.494 e. The van der Waals surface area contributed by atoms with E-state index in [0.29, 0.717) is 22.7 Å². The Balaban J connectivity index is 3.24. The quantitative estimate of drug-likeness (QED) is 0.328. The molecule has 0 fully saturated rings. The van der Waals surface area contributed by atoms with Crippen LogP contribution in [-0.4, -0.2) is 25.6 Å². The van der Waals surface area contributed by atoms with Gasteiger partial charge in [-0.25, -0.2) is 0 Å². The number of methoxy groups -OCH3 is 2. The Hall–Kier alpha value is -1.91. The summed E-state index contributed by atoms with van der Waals surface area (Å²) in [7, 11) is 3.01. The summed E-state index contributed by atoms with van der Waals surface area (Å²) in [6, 6.07) is 3.30. The van der Waals surface area contributed by atoms with Crippen LogP contribution in [0.25, 0.3) is 0 Å². The lowest BCUT2D eigenvalue weighted by Crippen LogP contribution is -1.98. The lowest BCUT2D eigenvalue weighted by atomic mass is 10.2. The fourth-order valence-electron chi connectivity index (χ4n) is 1.10. The monoisotopic (exact) mass is 196 g/mol. The lowest BCUT2D eigenvalue weighted by molar-refractivity contribution is 0.322. The zero-order chi connectivity index (χ0) is 10.6. The van der Waals surface area contributed by atoms with Crippen molar-refractivity contribution >= 4 is 11.9 Å². The van der Waals surface area contributed by atoms with E-state index in [1.54, 1.807) is 12.1 Å². The SMILES string of the molecule is COc1cc(/C=N\O)cc(OC)c1N. The molecule has 0 amide bonds. The van der Waals surface area contributed by atoms with Crippen LogP contribution in [0.4, 0.5) is 5.69 Å². The summed E-state index contributed by atoms with van der Waals surface area (Å²) >= 11 is 0. The van der Waals surface area contributed by atoms with Gasteiger partial charge in [-0.2, -0.15) is 0 Å². The summed E-state index contributed by atoms with van der Waals surface area (Å²) in [6.45, 7) is 0. The first kappa shape index (κ1) is 10.2. The van der Waals surface area contributed by atoms with Gasteiger partial charge >= 0.3 is 0 Å². The maximum Gasteiger partial charge on any atom is 0.146 e. The van der Waals surface area contributed by atoms with Crippen LogP contribution >= 0.6 is 0 Å². The van der Waals surface area contributed by atoms with Gasteiger partial charge < -0.3 is 20.4 Å². The molecule has 1 rings (SSSR count). The number of anilines is 1. The predicted octanol–water partition coefficient (Wildman–Crippen LogP) is 1.09. The molecule has 1 aromatic carbocycles. The van der Waals surface area contributed by atoms with Crippen LogP contribution in [0.2, 0.25) is 0 Å². The summed E-state index contributed by atoms with van der Waals surface area (Å²) < 4.78 is 10.1. The molecule has 0 radical (unpaired) electrons. The third kappa shape index (κ3) is 1.87. The number of hydrogen-bond donors (Lipinski definition) is 2. The Morgan fingerprint density at radius 2 is 1.79 bits per heavy atom. The van der Waals surface area contributed by atoms with E-state index in [2.05, 4.69) is 5.16 Å². The second kappa shape index (κ2) is 4.36. The topological polar surface area (TPSA) is 77.1 Å². The van der Waals surface area contributed by atoms with Crippen LogP contribution in [0, 0.1) is 0 Å². The van der Waals surface area contributed by atoms with Crippen molar-refractivity contribution in [2.45, 2.75) is 0 Å². The second-order valence-electron chi connectivity index (χ2n) is 2.58. The molecule has 3 N–H and O–H groups in total. The summed E-state index contributed by atoms with van der Waals surface area (Å²) in [5.74, 6) is 0.971. The van der Waals surface area contributed by atoms with Gasteiger partial charge in [0.25, 0.3) is 0 Å². The molecule has 0 unspecified atom stereocenters. The van der Waals surface area contributed by atoms with Crippen molar-refractivity contribution < 1.29 is 14.7 Å². The Bertz CT molecular complexity index is 325. The Morgan fingerprint density at radius 1 is 1.29 bits per heavy atom. The fourth-order valence-corrected chi connectivity index (χ4v) is 1.10. The van der Waals surface area contributed by atoms with Crippen molar-refractivity contribution in [1.29, 1.82) is 0 Å². The van der Waals surface area contributed by atoms with Crippen LogP contribution in [0.1, 0.15) is 5.56 Å². The number of benzene rings is 1. The molecule has 0 aliphatic carbocycles. The van der Waals surface area contributed by atoms with E-state index in [9.17, 15) is 0 Å². The molecule has 14 heavy (non-hydrogen) atoms. The van der Waals surface area contributed by atoms with E-state index in [1.807, 2.05) is 0 Å². The van der Waals surface area contributed by atoms with E-state index in [1.165, 1.54) is 20.4 Å². The molecule has 0 aliphatic heterocycles. The van der Waals surface area contributed by atoms with Gasteiger partial charge in [-0.3, -0.25) is 0 Å². The van der Waals surface area contributed by atoms with Gasteiger partial charge in [0.05, 0.1) is 20.4 Å². The number of nitrogens with zero attached hydrogens (tertiary/aromatic N) is 1. The first-order valence-corrected chi connectivity index (χ1v) is 3.91. The third-order valence-corrected chi connectivity index (χ3v) is 1.77. The number of nitrogen functional groups attached to an aromatic ring is 1. The van der Waals surface area contributed by atoms with Gasteiger partial charge in [0, 0.05) is 5.56 Å². The number of rotatable bonds is 3. The number of ether oxygens (including phenoxy) is 2. The van der Waals surface area contributed by atoms with E-state index in [0.717, 1.165) is 0 Å². The highest BCUT2D eigenvalue weighted by Crippen LogP contribution is 2.32. The van der Waals surface area contributed by atoms with Crippen molar-refractivity contribution in [2.24, 2.45) is 5.16 Å². The van der Waals surface area contributed by atoms with Gasteiger partial charge in [-0.1, -0.05) is 5.16 Å². The third-order valence-electron chi connectivity index (χ3n) is 1.77. The van der Waals surface area contributed by atoms with Gasteiger partial charge in [0.15, 0.2) is 0 Å². The van der Waals surface area contributed by atoms with Crippen LogP contribution in [0.15, 0.2) is 17.3 Å². The molecule has 0 spiro atoms. The van der Waals surface area contributed by atoms with E-state index >= 15 is 0 Å². The molecule has 0 saturated heterocycles. The van der Waals surface area contributed by atoms with Crippen molar-refractivity contribution in [2.75, 3.05) is 20.0 Å². The van der Waals surface area contributed by atoms with Gasteiger partial charge in [-0.15, -0.1) is 0 Å². The Kier molecular flexibility index (Phi) is 3.17. The molecule has 0 saturated carbocycles. The first-order chi connectivity index (χ1) is 6.72. The van der Waals surface area contributed by atoms with Crippen LogP contribution in [0.3, 0.4) is 0 Å². The van der Waals surface area contributed by atoms with Crippen molar-refractivity contribution in [1.82, 2.24) is 0 Å². The summed E-state index contributed by atoms with van der Waals surface area (Å²) in [5, 5.41) is 11.3. The van der Waals surface area contributed by atoms with Crippen LogP contribution < -0.4 is 15.2 Å². The maximum absolute atomic E-state index is 8.37. The molecule has 0 aliphatic rings. The molecule has 1 aromatic rings. The van der Waals surface area contributed by atoms with Crippen LogP contribution in [0.5, 0.6) is 11.5 Å². The average molecular weight is 196 g/mol. The minimum absolute atomic E-state index is 0.421. The zero-order valence-electron chi connectivity index (χ0n) is 8.02. The fraction of sp³-hybridized carbons (Fsp3) is 0.222. The maximum atomic E-state index is 8.37. The molecular weight excluding hydrogens is 184 g/mol. The average Bonchev–Trinajstić information content (AvgIpc) is 2.20. The Morgan fingerprint density at radius 3 is 2.14 bits per heavy atom. The molecule has 0 bridgehead atoms. The van der Waals surface area contributed by atoms with E-state index < -0.39 is 0 Å². The number of oxime groups is 1. The summed E-state index contributed by atoms with van der Waals surface area (Å²) in [4.78, 5) is 0. The molecule has 0 aromatic heterocycles. The van der Waals surface area contributed by atoms with Gasteiger partial charge in [0.1, 0.15) is 17.2 Å². The van der Waals surface area contributed by atoms with Gasteiger partial charge in [-0.05, 0) is 12.1 Å². The smallest absolute Gasteiger partial charge is 0.146 e. The van der Waals surface area contributed by atoms with Crippen molar-refractivity contribution in [3.63, 3.8) is 0 Å². The number of nitrogens with two attached hydrogens (primary N) is 1. The van der Waals surface area contributed by atoms with E-state index in [-0.39, 0.29) is 0 Å². The highest BCUT2D eigenvalue weighted by molar-refractivity contribution is 5.83.